The lowest BCUT2D eigenvalue weighted by Crippen LogP contribution is -2.35. The number of nitrogens with zero attached hydrogens (tertiary/aromatic N) is 3. The zero-order valence-electron chi connectivity index (χ0n) is 10.8. The highest BCUT2D eigenvalue weighted by Crippen LogP contribution is 2.24. The fourth-order valence-corrected chi connectivity index (χ4v) is 3.03. The molecule has 2 N–H and O–H groups in total. The SMILES string of the molecule is NCC1CCN(Cc2nnc(-c3cccs3)o2)CC1. The summed E-state index contributed by atoms with van der Waals surface area (Å²) >= 11 is 1.61. The van der Waals surface area contributed by atoms with E-state index in [4.69, 9.17) is 10.2 Å². The Bertz CT molecular complexity index is 502. The average Bonchev–Trinajstić information content (AvgIpc) is 3.10. The second-order valence-corrected chi connectivity index (χ2v) is 5.88. The molecule has 3 rings (SSSR count). The minimum Gasteiger partial charge on any atom is -0.419 e. The molecule has 0 unspecified atom stereocenters. The first kappa shape index (κ1) is 12.8. The van der Waals surface area contributed by atoms with Crippen molar-refractivity contribution < 1.29 is 4.42 Å². The first-order chi connectivity index (χ1) is 9.35. The molecular formula is C13H18N4OS. The van der Waals surface area contributed by atoms with Crippen LogP contribution in [0.15, 0.2) is 21.9 Å². The third kappa shape index (κ3) is 3.02. The van der Waals surface area contributed by atoms with Crippen LogP contribution in [0.5, 0.6) is 0 Å². The molecule has 0 saturated carbocycles. The van der Waals surface area contributed by atoms with E-state index in [1.54, 1.807) is 11.3 Å². The second kappa shape index (κ2) is 5.81. The highest BCUT2D eigenvalue weighted by atomic mass is 32.1. The van der Waals surface area contributed by atoms with E-state index >= 15 is 0 Å². The third-order valence-electron chi connectivity index (χ3n) is 3.60. The number of piperidine rings is 1. The van der Waals surface area contributed by atoms with E-state index in [0.29, 0.717) is 17.7 Å². The summed E-state index contributed by atoms with van der Waals surface area (Å²) in [6.07, 6.45) is 2.34. The fraction of sp³-hybridized carbons (Fsp3) is 0.538. The minimum absolute atomic E-state index is 0.627. The quantitative estimate of drug-likeness (QED) is 0.926. The number of rotatable bonds is 4. The Kier molecular flexibility index (Phi) is 3.91. The summed E-state index contributed by atoms with van der Waals surface area (Å²) in [7, 11) is 0. The van der Waals surface area contributed by atoms with Crippen molar-refractivity contribution in [1.29, 1.82) is 0 Å². The summed E-state index contributed by atoms with van der Waals surface area (Å²) in [6.45, 7) is 3.68. The van der Waals surface area contributed by atoms with Crippen molar-refractivity contribution in [3.63, 3.8) is 0 Å². The molecule has 102 valence electrons. The van der Waals surface area contributed by atoms with E-state index in [2.05, 4.69) is 15.1 Å². The Balaban J connectivity index is 1.59. The number of likely N-dealkylation sites (tertiary alicyclic amines) is 1. The molecule has 1 saturated heterocycles. The monoisotopic (exact) mass is 278 g/mol. The molecule has 2 aromatic rings. The summed E-state index contributed by atoms with van der Waals surface area (Å²) in [5.74, 6) is 2.01. The number of aromatic nitrogens is 2. The Morgan fingerprint density at radius 2 is 2.21 bits per heavy atom. The molecule has 2 aromatic heterocycles. The third-order valence-corrected chi connectivity index (χ3v) is 4.46. The molecule has 0 radical (unpaired) electrons. The van der Waals surface area contributed by atoms with Crippen LogP contribution in [0.25, 0.3) is 10.8 Å². The highest BCUT2D eigenvalue weighted by Gasteiger charge is 2.20. The van der Waals surface area contributed by atoms with Gasteiger partial charge in [-0.05, 0) is 49.8 Å². The van der Waals surface area contributed by atoms with Crippen LogP contribution in [0.3, 0.4) is 0 Å². The largest absolute Gasteiger partial charge is 0.419 e. The van der Waals surface area contributed by atoms with Crippen LogP contribution < -0.4 is 5.73 Å². The highest BCUT2D eigenvalue weighted by molar-refractivity contribution is 7.13. The maximum Gasteiger partial charge on any atom is 0.257 e. The van der Waals surface area contributed by atoms with Gasteiger partial charge in [0.2, 0.25) is 5.89 Å². The van der Waals surface area contributed by atoms with Crippen molar-refractivity contribution in [2.75, 3.05) is 19.6 Å². The Hall–Kier alpha value is -1.24. The molecule has 0 spiro atoms. The van der Waals surface area contributed by atoms with Crippen LogP contribution in [-0.4, -0.2) is 34.7 Å². The smallest absolute Gasteiger partial charge is 0.257 e. The minimum atomic E-state index is 0.627. The molecule has 0 amide bonds. The van der Waals surface area contributed by atoms with Gasteiger partial charge in [-0.3, -0.25) is 4.90 Å². The molecule has 6 heteroatoms. The predicted octanol–water partition coefficient (Wildman–Crippen LogP) is 1.97. The summed E-state index contributed by atoms with van der Waals surface area (Å²) in [5.41, 5.74) is 5.70. The van der Waals surface area contributed by atoms with Gasteiger partial charge in [0, 0.05) is 0 Å². The van der Waals surface area contributed by atoms with E-state index in [1.807, 2.05) is 17.5 Å². The number of nitrogens with two attached hydrogens (primary N) is 1. The van der Waals surface area contributed by atoms with Gasteiger partial charge in [-0.15, -0.1) is 21.5 Å². The number of hydrogen-bond donors (Lipinski definition) is 1. The molecule has 0 aliphatic carbocycles. The summed E-state index contributed by atoms with van der Waals surface area (Å²) in [5, 5.41) is 10.2. The molecule has 1 aliphatic heterocycles. The van der Waals surface area contributed by atoms with Crippen LogP contribution in [0, 0.1) is 5.92 Å². The van der Waals surface area contributed by atoms with Crippen LogP contribution in [-0.2, 0) is 6.54 Å². The van der Waals surface area contributed by atoms with Gasteiger partial charge in [0.15, 0.2) is 0 Å². The van der Waals surface area contributed by atoms with Crippen molar-refractivity contribution >= 4 is 11.3 Å². The van der Waals surface area contributed by atoms with Crippen molar-refractivity contribution in [2.24, 2.45) is 11.7 Å². The predicted molar refractivity (Wildman–Crippen MR) is 74.7 cm³/mol. The lowest BCUT2D eigenvalue weighted by molar-refractivity contribution is 0.167. The van der Waals surface area contributed by atoms with Gasteiger partial charge in [-0.1, -0.05) is 6.07 Å². The van der Waals surface area contributed by atoms with Crippen LogP contribution in [0.1, 0.15) is 18.7 Å². The summed E-state index contributed by atoms with van der Waals surface area (Å²) < 4.78 is 5.71. The summed E-state index contributed by atoms with van der Waals surface area (Å²) in [4.78, 5) is 3.39. The first-order valence-electron chi connectivity index (χ1n) is 6.64. The molecule has 3 heterocycles. The molecule has 0 atom stereocenters. The maximum absolute atomic E-state index is 5.71. The van der Waals surface area contributed by atoms with E-state index in [9.17, 15) is 0 Å². The zero-order valence-corrected chi connectivity index (χ0v) is 11.6. The van der Waals surface area contributed by atoms with Crippen molar-refractivity contribution in [3.05, 3.63) is 23.4 Å². The molecule has 1 fully saturated rings. The van der Waals surface area contributed by atoms with Crippen molar-refractivity contribution in [2.45, 2.75) is 19.4 Å². The number of thiophene rings is 1. The lowest BCUT2D eigenvalue weighted by atomic mass is 9.97. The van der Waals surface area contributed by atoms with Crippen LogP contribution >= 0.6 is 11.3 Å². The Morgan fingerprint density at radius 3 is 2.89 bits per heavy atom. The van der Waals surface area contributed by atoms with Crippen LogP contribution in [0.4, 0.5) is 0 Å². The fourth-order valence-electron chi connectivity index (χ4n) is 2.39. The number of hydrogen-bond acceptors (Lipinski definition) is 6. The van der Waals surface area contributed by atoms with E-state index in [-0.39, 0.29) is 0 Å². The van der Waals surface area contributed by atoms with Gasteiger partial charge < -0.3 is 10.2 Å². The summed E-state index contributed by atoms with van der Waals surface area (Å²) in [6, 6.07) is 3.98. The topological polar surface area (TPSA) is 68.2 Å². The van der Waals surface area contributed by atoms with E-state index in [1.165, 1.54) is 12.8 Å². The second-order valence-electron chi connectivity index (χ2n) is 4.93. The van der Waals surface area contributed by atoms with Gasteiger partial charge >= 0.3 is 0 Å². The molecule has 1 aliphatic rings. The average molecular weight is 278 g/mol. The zero-order chi connectivity index (χ0) is 13.1. The van der Waals surface area contributed by atoms with Crippen LogP contribution in [0.2, 0.25) is 0 Å². The van der Waals surface area contributed by atoms with Gasteiger partial charge in [0.05, 0.1) is 11.4 Å². The Labute approximate surface area is 116 Å². The Morgan fingerprint density at radius 1 is 1.37 bits per heavy atom. The van der Waals surface area contributed by atoms with Gasteiger partial charge in [-0.25, -0.2) is 0 Å². The molecule has 5 nitrogen and oxygen atoms in total. The lowest BCUT2D eigenvalue weighted by Gasteiger charge is -2.30. The van der Waals surface area contributed by atoms with Gasteiger partial charge in [0.1, 0.15) is 0 Å². The van der Waals surface area contributed by atoms with Crippen molar-refractivity contribution in [1.82, 2.24) is 15.1 Å². The molecule has 19 heavy (non-hydrogen) atoms. The maximum atomic E-state index is 5.71. The van der Waals surface area contributed by atoms with Crippen molar-refractivity contribution in [3.8, 4) is 10.8 Å². The van der Waals surface area contributed by atoms with Gasteiger partial charge in [0.25, 0.3) is 5.89 Å². The van der Waals surface area contributed by atoms with E-state index in [0.717, 1.165) is 31.1 Å². The van der Waals surface area contributed by atoms with E-state index < -0.39 is 0 Å². The standard InChI is InChI=1S/C13H18N4OS/c14-8-10-3-5-17(6-4-10)9-12-15-16-13(18-12)11-2-1-7-19-11/h1-2,7,10H,3-6,8-9,14H2. The first-order valence-corrected chi connectivity index (χ1v) is 7.52. The normalized spacial score (nSPS) is 17.9. The molecule has 0 bridgehead atoms. The van der Waals surface area contributed by atoms with Gasteiger partial charge in [-0.2, -0.15) is 0 Å². The molecular weight excluding hydrogens is 260 g/mol. The molecule has 0 aromatic carbocycles.